The van der Waals surface area contributed by atoms with E-state index in [-0.39, 0.29) is 0 Å². The minimum absolute atomic E-state index is 0.764. The molecule has 0 fully saturated rings. The molecule has 0 bridgehead atoms. The molecule has 21 heavy (non-hydrogen) atoms. The van der Waals surface area contributed by atoms with Gasteiger partial charge in [-0.05, 0) is 40.6 Å². The van der Waals surface area contributed by atoms with Gasteiger partial charge in [0.2, 0.25) is 0 Å². The molecular weight excluding hydrogens is 258 g/mol. The molecule has 0 amide bonds. The first-order valence-corrected chi connectivity index (χ1v) is 7.03. The van der Waals surface area contributed by atoms with Crippen molar-refractivity contribution in [3.8, 4) is 0 Å². The van der Waals surface area contributed by atoms with E-state index in [0.717, 1.165) is 28.8 Å². The predicted octanol–water partition coefficient (Wildman–Crippen LogP) is 4.76. The number of furan rings is 1. The Morgan fingerprint density at radius 3 is 2.52 bits per heavy atom. The average molecular weight is 273 g/mol. The summed E-state index contributed by atoms with van der Waals surface area (Å²) < 4.78 is 5.88. The van der Waals surface area contributed by atoms with Gasteiger partial charge in [0.05, 0.1) is 0 Å². The van der Waals surface area contributed by atoms with Crippen LogP contribution in [-0.2, 0) is 6.42 Å². The summed E-state index contributed by atoms with van der Waals surface area (Å²) >= 11 is 0. The van der Waals surface area contributed by atoms with Gasteiger partial charge in [0.25, 0.3) is 0 Å². The molecule has 0 saturated heterocycles. The Balaban J connectivity index is 1.71. The van der Waals surface area contributed by atoms with Crippen molar-refractivity contribution in [2.45, 2.75) is 6.42 Å². The van der Waals surface area contributed by atoms with Crippen LogP contribution in [0.1, 0.15) is 11.3 Å². The second-order valence-electron chi connectivity index (χ2n) is 5.37. The molecule has 0 saturated carbocycles. The Bertz CT molecular complexity index is 937. The van der Waals surface area contributed by atoms with E-state index in [1.807, 2.05) is 18.2 Å². The molecule has 0 atom stereocenters. The van der Waals surface area contributed by atoms with Crippen molar-refractivity contribution < 1.29 is 4.42 Å². The molecule has 1 aromatic heterocycles. The summed E-state index contributed by atoms with van der Waals surface area (Å²) in [6.45, 7) is 0. The molecule has 0 aliphatic rings. The van der Waals surface area contributed by atoms with Crippen LogP contribution in [-0.4, -0.2) is 0 Å². The highest BCUT2D eigenvalue weighted by atomic mass is 16.3. The van der Waals surface area contributed by atoms with E-state index in [9.17, 15) is 0 Å². The smallest absolute Gasteiger partial charge is 0.134 e. The zero-order chi connectivity index (χ0) is 14.2. The maximum Gasteiger partial charge on any atom is 0.134 e. The first-order chi connectivity index (χ1) is 10.3. The van der Waals surface area contributed by atoms with E-state index in [0.29, 0.717) is 0 Å². The highest BCUT2D eigenvalue weighted by Crippen LogP contribution is 2.24. The van der Waals surface area contributed by atoms with Crippen LogP contribution in [0.4, 0.5) is 5.69 Å². The number of fused-ring (bicyclic) bond motifs is 2. The van der Waals surface area contributed by atoms with Crippen LogP contribution in [0.15, 0.2) is 71.1 Å². The van der Waals surface area contributed by atoms with Gasteiger partial charge in [0.1, 0.15) is 11.3 Å². The number of benzene rings is 3. The van der Waals surface area contributed by atoms with E-state index < -0.39 is 0 Å². The van der Waals surface area contributed by atoms with E-state index in [1.54, 1.807) is 0 Å². The van der Waals surface area contributed by atoms with Gasteiger partial charge >= 0.3 is 0 Å². The van der Waals surface area contributed by atoms with Crippen molar-refractivity contribution in [2.24, 2.45) is 0 Å². The fraction of sp³-hybridized carbons (Fsp3) is 0.0526. The summed E-state index contributed by atoms with van der Waals surface area (Å²) in [4.78, 5) is 0. The molecule has 2 N–H and O–H groups in total. The molecule has 3 aromatic carbocycles. The third-order valence-corrected chi connectivity index (χ3v) is 3.78. The zero-order valence-corrected chi connectivity index (χ0v) is 11.5. The SMILES string of the molecule is Nc1ccc2oc(Cc3ccc4ccccc4c3)cc2c1. The number of nitrogens with two attached hydrogens (primary N) is 1. The summed E-state index contributed by atoms with van der Waals surface area (Å²) in [5.41, 5.74) is 8.71. The van der Waals surface area contributed by atoms with Gasteiger partial charge in [-0.25, -0.2) is 0 Å². The molecular formula is C19H15NO. The minimum atomic E-state index is 0.764. The monoisotopic (exact) mass is 273 g/mol. The van der Waals surface area contributed by atoms with E-state index >= 15 is 0 Å². The Hall–Kier alpha value is -2.74. The highest BCUT2D eigenvalue weighted by Gasteiger charge is 2.05. The third-order valence-electron chi connectivity index (χ3n) is 3.78. The van der Waals surface area contributed by atoms with Gasteiger partial charge < -0.3 is 10.2 Å². The number of rotatable bonds is 2. The van der Waals surface area contributed by atoms with Gasteiger partial charge in [-0.1, -0.05) is 42.5 Å². The number of hydrogen-bond acceptors (Lipinski definition) is 2. The fourth-order valence-electron chi connectivity index (χ4n) is 2.75. The van der Waals surface area contributed by atoms with Crippen molar-refractivity contribution in [3.63, 3.8) is 0 Å². The summed E-state index contributed by atoms with van der Waals surface area (Å²) in [5, 5.41) is 3.58. The Kier molecular flexibility index (Phi) is 2.68. The predicted molar refractivity (Wildman–Crippen MR) is 87.4 cm³/mol. The maximum atomic E-state index is 5.88. The van der Waals surface area contributed by atoms with Crippen molar-refractivity contribution in [3.05, 3.63) is 78.1 Å². The van der Waals surface area contributed by atoms with Crippen molar-refractivity contribution >= 4 is 27.4 Å². The highest BCUT2D eigenvalue weighted by molar-refractivity contribution is 5.83. The van der Waals surface area contributed by atoms with Crippen molar-refractivity contribution in [2.75, 3.05) is 5.73 Å². The van der Waals surface area contributed by atoms with Gasteiger partial charge in [-0.15, -0.1) is 0 Å². The first-order valence-electron chi connectivity index (χ1n) is 7.03. The largest absolute Gasteiger partial charge is 0.461 e. The third kappa shape index (κ3) is 2.25. The molecule has 0 unspecified atom stereocenters. The van der Waals surface area contributed by atoms with E-state index in [1.165, 1.54) is 16.3 Å². The maximum absolute atomic E-state index is 5.88. The van der Waals surface area contributed by atoms with Gasteiger partial charge in [0.15, 0.2) is 0 Å². The first kappa shape index (κ1) is 12.0. The lowest BCUT2D eigenvalue weighted by Gasteiger charge is -2.01. The van der Waals surface area contributed by atoms with Crippen LogP contribution >= 0.6 is 0 Å². The summed E-state index contributed by atoms with van der Waals surface area (Å²) in [7, 11) is 0. The van der Waals surface area contributed by atoms with Crippen LogP contribution < -0.4 is 5.73 Å². The topological polar surface area (TPSA) is 39.2 Å². The lowest BCUT2D eigenvalue weighted by molar-refractivity contribution is 0.563. The summed E-state index contributed by atoms with van der Waals surface area (Å²) in [5.74, 6) is 0.964. The molecule has 4 rings (SSSR count). The average Bonchev–Trinajstić information content (AvgIpc) is 2.88. The Morgan fingerprint density at radius 2 is 1.62 bits per heavy atom. The molecule has 0 aliphatic heterocycles. The Labute approximate surface area is 122 Å². The summed E-state index contributed by atoms with van der Waals surface area (Å²) in [6.07, 6.45) is 0.791. The van der Waals surface area contributed by atoms with Crippen LogP contribution in [0, 0.1) is 0 Å². The molecule has 0 radical (unpaired) electrons. The number of hydrogen-bond donors (Lipinski definition) is 1. The van der Waals surface area contributed by atoms with Crippen LogP contribution in [0.2, 0.25) is 0 Å². The lowest BCUT2D eigenvalue weighted by atomic mass is 10.0. The molecule has 2 nitrogen and oxygen atoms in total. The lowest BCUT2D eigenvalue weighted by Crippen LogP contribution is -1.85. The minimum Gasteiger partial charge on any atom is -0.461 e. The standard InChI is InChI=1S/C19H15NO/c20-17-7-8-19-16(11-17)12-18(21-19)10-13-5-6-14-3-1-2-4-15(14)9-13/h1-9,11-12H,10,20H2. The number of anilines is 1. The molecule has 0 aliphatic carbocycles. The molecule has 4 aromatic rings. The normalized spacial score (nSPS) is 11.2. The van der Waals surface area contributed by atoms with Crippen LogP contribution in [0.25, 0.3) is 21.7 Å². The quantitative estimate of drug-likeness (QED) is 0.535. The number of nitrogen functional groups attached to an aromatic ring is 1. The van der Waals surface area contributed by atoms with Gasteiger partial charge in [-0.3, -0.25) is 0 Å². The van der Waals surface area contributed by atoms with Crippen molar-refractivity contribution in [1.82, 2.24) is 0 Å². The molecule has 102 valence electrons. The molecule has 1 heterocycles. The molecule has 2 heteroatoms. The van der Waals surface area contributed by atoms with Gasteiger partial charge in [0, 0.05) is 17.5 Å². The molecule has 0 spiro atoms. The van der Waals surface area contributed by atoms with Gasteiger partial charge in [-0.2, -0.15) is 0 Å². The van der Waals surface area contributed by atoms with Crippen LogP contribution in [0.3, 0.4) is 0 Å². The fourth-order valence-corrected chi connectivity index (χ4v) is 2.75. The second kappa shape index (κ2) is 4.67. The van der Waals surface area contributed by atoms with Crippen LogP contribution in [0.5, 0.6) is 0 Å². The summed E-state index contributed by atoms with van der Waals surface area (Å²) in [6, 6.07) is 22.7. The van der Waals surface area contributed by atoms with Crippen molar-refractivity contribution in [1.29, 1.82) is 0 Å². The second-order valence-corrected chi connectivity index (χ2v) is 5.37. The zero-order valence-electron chi connectivity index (χ0n) is 11.5. The van der Waals surface area contributed by atoms with E-state index in [2.05, 4.69) is 48.5 Å². The Morgan fingerprint density at radius 1 is 0.762 bits per heavy atom. The van der Waals surface area contributed by atoms with E-state index in [4.69, 9.17) is 10.2 Å².